The quantitative estimate of drug-likeness (QED) is 0.791. The highest BCUT2D eigenvalue weighted by molar-refractivity contribution is 6.39. The third-order valence-corrected chi connectivity index (χ3v) is 5.48. The number of carbonyl (C=O) groups is 2. The largest absolute Gasteiger partial charge is 0.486 e. The first kappa shape index (κ1) is 19.1. The summed E-state index contributed by atoms with van der Waals surface area (Å²) >= 11 is 0. The molecule has 152 valence electrons. The minimum atomic E-state index is -0.637. The van der Waals surface area contributed by atoms with E-state index < -0.39 is 11.8 Å². The second-order valence-electron chi connectivity index (χ2n) is 7.31. The predicted octanol–water partition coefficient (Wildman–Crippen LogP) is 2.36. The SMILES string of the molecule is Cc1cccc(N2CCN(C(=O)C(=O)Nc3ccc4c(c3)OCCO4)CC2)c1C. The van der Waals surface area contributed by atoms with Gasteiger partial charge in [0.15, 0.2) is 11.5 Å². The molecule has 0 aromatic heterocycles. The third kappa shape index (κ3) is 3.99. The molecule has 1 fully saturated rings. The van der Waals surface area contributed by atoms with Crippen LogP contribution in [0.5, 0.6) is 11.5 Å². The molecule has 2 aromatic carbocycles. The molecule has 7 nitrogen and oxygen atoms in total. The summed E-state index contributed by atoms with van der Waals surface area (Å²) in [5.74, 6) is 0.0640. The molecule has 2 heterocycles. The number of anilines is 2. The van der Waals surface area contributed by atoms with Crippen LogP contribution in [-0.4, -0.2) is 56.1 Å². The van der Waals surface area contributed by atoms with Gasteiger partial charge in [0.25, 0.3) is 0 Å². The molecule has 1 saturated heterocycles. The van der Waals surface area contributed by atoms with Crippen LogP contribution in [0, 0.1) is 13.8 Å². The van der Waals surface area contributed by atoms with Crippen LogP contribution in [0.15, 0.2) is 36.4 Å². The number of fused-ring (bicyclic) bond motifs is 1. The Balaban J connectivity index is 1.35. The van der Waals surface area contributed by atoms with Gasteiger partial charge < -0.3 is 24.6 Å². The Kier molecular flexibility index (Phi) is 5.29. The third-order valence-electron chi connectivity index (χ3n) is 5.48. The lowest BCUT2D eigenvalue weighted by molar-refractivity contribution is -0.143. The lowest BCUT2D eigenvalue weighted by Crippen LogP contribution is -2.51. The molecule has 0 spiro atoms. The molecule has 0 saturated carbocycles. The van der Waals surface area contributed by atoms with E-state index >= 15 is 0 Å². The summed E-state index contributed by atoms with van der Waals surface area (Å²) in [6, 6.07) is 11.4. The zero-order valence-electron chi connectivity index (χ0n) is 16.7. The summed E-state index contributed by atoms with van der Waals surface area (Å²) in [5.41, 5.74) is 4.21. The maximum Gasteiger partial charge on any atom is 0.313 e. The zero-order valence-corrected chi connectivity index (χ0v) is 16.7. The van der Waals surface area contributed by atoms with Gasteiger partial charge in [0, 0.05) is 43.6 Å². The Bertz CT molecular complexity index is 936. The first-order valence-corrected chi connectivity index (χ1v) is 9.84. The molecule has 2 amide bonds. The molecule has 0 aliphatic carbocycles. The number of nitrogens with one attached hydrogen (secondary N) is 1. The van der Waals surface area contributed by atoms with E-state index in [1.54, 1.807) is 23.1 Å². The fourth-order valence-electron chi connectivity index (χ4n) is 3.68. The molecule has 4 rings (SSSR count). The van der Waals surface area contributed by atoms with Gasteiger partial charge in [0.1, 0.15) is 13.2 Å². The predicted molar refractivity (Wildman–Crippen MR) is 111 cm³/mol. The van der Waals surface area contributed by atoms with Crippen LogP contribution in [0.1, 0.15) is 11.1 Å². The lowest BCUT2D eigenvalue weighted by Gasteiger charge is -2.36. The lowest BCUT2D eigenvalue weighted by atomic mass is 10.1. The number of piperazine rings is 1. The van der Waals surface area contributed by atoms with Crippen molar-refractivity contribution in [1.29, 1.82) is 0 Å². The highest BCUT2D eigenvalue weighted by Crippen LogP contribution is 2.32. The van der Waals surface area contributed by atoms with Crippen LogP contribution in [0.4, 0.5) is 11.4 Å². The van der Waals surface area contributed by atoms with Gasteiger partial charge in [-0.2, -0.15) is 0 Å². The summed E-state index contributed by atoms with van der Waals surface area (Å²) in [6.07, 6.45) is 0. The Morgan fingerprint density at radius 3 is 2.41 bits per heavy atom. The van der Waals surface area contributed by atoms with Crippen molar-refractivity contribution < 1.29 is 19.1 Å². The molecule has 7 heteroatoms. The molecule has 0 radical (unpaired) electrons. The van der Waals surface area contributed by atoms with Crippen molar-refractivity contribution in [2.75, 3.05) is 49.6 Å². The van der Waals surface area contributed by atoms with Crippen LogP contribution in [0.25, 0.3) is 0 Å². The maximum absolute atomic E-state index is 12.6. The first-order chi connectivity index (χ1) is 14.0. The number of ether oxygens (including phenoxy) is 2. The number of aryl methyl sites for hydroxylation is 1. The second kappa shape index (κ2) is 8.03. The molecule has 2 aliphatic rings. The topological polar surface area (TPSA) is 71.1 Å². The van der Waals surface area contributed by atoms with Crippen LogP contribution in [-0.2, 0) is 9.59 Å². The summed E-state index contributed by atoms with van der Waals surface area (Å²) in [7, 11) is 0. The normalized spacial score (nSPS) is 15.8. The maximum atomic E-state index is 12.6. The van der Waals surface area contributed by atoms with Crippen LogP contribution in [0.3, 0.4) is 0 Å². The van der Waals surface area contributed by atoms with Gasteiger partial charge in [-0.05, 0) is 43.2 Å². The standard InChI is InChI=1S/C22H25N3O4/c1-15-4-3-5-18(16(15)2)24-8-10-25(11-9-24)22(27)21(26)23-17-6-7-19-20(14-17)29-13-12-28-19/h3-7,14H,8-13H2,1-2H3,(H,23,26). The molecule has 2 aromatic rings. The number of hydrogen-bond donors (Lipinski definition) is 1. The zero-order chi connectivity index (χ0) is 20.4. The van der Waals surface area contributed by atoms with Gasteiger partial charge in [0.05, 0.1) is 0 Å². The minimum Gasteiger partial charge on any atom is -0.486 e. The van der Waals surface area contributed by atoms with E-state index in [1.807, 2.05) is 0 Å². The highest BCUT2D eigenvalue weighted by Gasteiger charge is 2.27. The number of carbonyl (C=O) groups excluding carboxylic acids is 2. The monoisotopic (exact) mass is 395 g/mol. The summed E-state index contributed by atoms with van der Waals surface area (Å²) in [4.78, 5) is 28.9. The fourth-order valence-corrected chi connectivity index (χ4v) is 3.68. The van der Waals surface area contributed by atoms with Gasteiger partial charge in [-0.15, -0.1) is 0 Å². The number of rotatable bonds is 2. The van der Waals surface area contributed by atoms with E-state index in [0.29, 0.717) is 56.6 Å². The Hall–Kier alpha value is -3.22. The van der Waals surface area contributed by atoms with Crippen molar-refractivity contribution in [2.45, 2.75) is 13.8 Å². The molecule has 29 heavy (non-hydrogen) atoms. The van der Waals surface area contributed by atoms with Gasteiger partial charge in [0.2, 0.25) is 0 Å². The summed E-state index contributed by atoms with van der Waals surface area (Å²) in [5, 5.41) is 2.67. The van der Waals surface area contributed by atoms with E-state index in [9.17, 15) is 9.59 Å². The van der Waals surface area contributed by atoms with Crippen molar-refractivity contribution in [3.8, 4) is 11.5 Å². The number of hydrogen-bond acceptors (Lipinski definition) is 5. The van der Waals surface area contributed by atoms with E-state index in [4.69, 9.17) is 9.47 Å². The fraction of sp³-hybridized carbons (Fsp3) is 0.364. The number of amides is 2. The smallest absolute Gasteiger partial charge is 0.313 e. The molecule has 0 bridgehead atoms. The van der Waals surface area contributed by atoms with Crippen molar-refractivity contribution in [3.05, 3.63) is 47.5 Å². The van der Waals surface area contributed by atoms with Crippen LogP contribution < -0.4 is 19.7 Å². The van der Waals surface area contributed by atoms with Gasteiger partial charge in [-0.3, -0.25) is 9.59 Å². The van der Waals surface area contributed by atoms with E-state index in [-0.39, 0.29) is 0 Å². The highest BCUT2D eigenvalue weighted by atomic mass is 16.6. The van der Waals surface area contributed by atoms with Gasteiger partial charge in [-0.1, -0.05) is 12.1 Å². The molecule has 2 aliphatic heterocycles. The van der Waals surface area contributed by atoms with Gasteiger partial charge in [-0.25, -0.2) is 0 Å². The van der Waals surface area contributed by atoms with Crippen molar-refractivity contribution in [2.24, 2.45) is 0 Å². The molecule has 1 N–H and O–H groups in total. The van der Waals surface area contributed by atoms with E-state index in [0.717, 1.165) is 0 Å². The van der Waals surface area contributed by atoms with Crippen molar-refractivity contribution in [3.63, 3.8) is 0 Å². The summed E-state index contributed by atoms with van der Waals surface area (Å²) < 4.78 is 11.0. The van der Waals surface area contributed by atoms with Crippen LogP contribution in [0.2, 0.25) is 0 Å². The molecular formula is C22H25N3O4. The van der Waals surface area contributed by atoms with Crippen molar-refractivity contribution >= 4 is 23.2 Å². The van der Waals surface area contributed by atoms with Crippen molar-refractivity contribution in [1.82, 2.24) is 4.90 Å². The number of benzene rings is 2. The molecule has 0 unspecified atom stereocenters. The minimum absolute atomic E-state index is 0.466. The average Bonchev–Trinajstić information content (AvgIpc) is 2.75. The van der Waals surface area contributed by atoms with E-state index in [2.05, 4.69) is 42.3 Å². The first-order valence-electron chi connectivity index (χ1n) is 9.84. The van der Waals surface area contributed by atoms with Gasteiger partial charge >= 0.3 is 11.8 Å². The second-order valence-corrected chi connectivity index (χ2v) is 7.31. The molecular weight excluding hydrogens is 370 g/mol. The Labute approximate surface area is 170 Å². The van der Waals surface area contributed by atoms with Crippen LogP contribution >= 0.6 is 0 Å². The Morgan fingerprint density at radius 2 is 1.66 bits per heavy atom. The Morgan fingerprint density at radius 1 is 0.931 bits per heavy atom. The summed E-state index contributed by atoms with van der Waals surface area (Å²) in [6.45, 7) is 7.62. The average molecular weight is 395 g/mol. The molecule has 0 atom stereocenters. The number of nitrogens with zero attached hydrogens (tertiary/aromatic N) is 2. The van der Waals surface area contributed by atoms with E-state index in [1.165, 1.54) is 16.8 Å².